The Kier molecular flexibility index (Phi) is 3.99. The fourth-order valence-corrected chi connectivity index (χ4v) is 2.69. The molecule has 1 heterocycles. The summed E-state index contributed by atoms with van der Waals surface area (Å²) in [5.41, 5.74) is 3.51. The van der Waals surface area contributed by atoms with Crippen molar-refractivity contribution in [3.8, 4) is 0 Å². The van der Waals surface area contributed by atoms with Crippen LogP contribution >= 0.6 is 11.8 Å². The minimum Gasteiger partial charge on any atom is -0.465 e. The van der Waals surface area contributed by atoms with Crippen LogP contribution in [0.2, 0.25) is 0 Å². The second-order valence-electron chi connectivity index (χ2n) is 3.96. The number of ether oxygens (including phenoxy) is 1. The number of aromatic nitrogens is 2. The maximum absolute atomic E-state index is 11.2. The quantitative estimate of drug-likeness (QED) is 0.465. The second-order valence-corrected chi connectivity index (χ2v) is 4.91. The zero-order chi connectivity index (χ0) is 12.3. The molecule has 0 aromatic carbocycles. The lowest BCUT2D eigenvalue weighted by atomic mass is 10.2. The fraction of sp³-hybridized carbons (Fsp3) is 0.583. The molecule has 0 saturated carbocycles. The number of carbonyl (C=O) groups is 1. The van der Waals surface area contributed by atoms with Gasteiger partial charge in [0.05, 0.1) is 12.4 Å². The van der Waals surface area contributed by atoms with Crippen molar-refractivity contribution >= 4 is 17.7 Å². The summed E-state index contributed by atoms with van der Waals surface area (Å²) in [5, 5.41) is 0.691. The Balaban J connectivity index is 2.02. The highest BCUT2D eigenvalue weighted by molar-refractivity contribution is 7.99. The zero-order valence-corrected chi connectivity index (χ0v) is 11.0. The summed E-state index contributed by atoms with van der Waals surface area (Å²) in [6.45, 7) is 4.24. The summed E-state index contributed by atoms with van der Waals surface area (Å²) >= 11 is 1.35. The molecule has 1 aliphatic rings. The summed E-state index contributed by atoms with van der Waals surface area (Å²) in [7, 11) is 0. The van der Waals surface area contributed by atoms with Gasteiger partial charge in [0, 0.05) is 11.4 Å². The molecule has 0 saturated heterocycles. The molecule has 1 aromatic heterocycles. The van der Waals surface area contributed by atoms with Gasteiger partial charge in [0.1, 0.15) is 0 Å². The number of hydrogen-bond acceptors (Lipinski definition) is 5. The van der Waals surface area contributed by atoms with Crippen molar-refractivity contribution in [3.63, 3.8) is 0 Å². The Morgan fingerprint density at radius 2 is 2.24 bits per heavy atom. The molecule has 17 heavy (non-hydrogen) atoms. The molecular weight excluding hydrogens is 236 g/mol. The maximum Gasteiger partial charge on any atom is 0.316 e. The highest BCUT2D eigenvalue weighted by Crippen LogP contribution is 2.25. The second kappa shape index (κ2) is 5.49. The van der Waals surface area contributed by atoms with Crippen LogP contribution in [0, 0.1) is 6.92 Å². The third-order valence-electron chi connectivity index (χ3n) is 2.74. The van der Waals surface area contributed by atoms with E-state index in [1.165, 1.54) is 17.3 Å². The molecule has 0 atom stereocenters. The minimum absolute atomic E-state index is 0.209. The molecule has 1 aliphatic carbocycles. The summed E-state index contributed by atoms with van der Waals surface area (Å²) in [5.74, 6) is 0.0748. The molecule has 0 N–H and O–H groups in total. The van der Waals surface area contributed by atoms with Gasteiger partial charge < -0.3 is 4.74 Å². The van der Waals surface area contributed by atoms with Crippen LogP contribution in [0.1, 0.15) is 30.3 Å². The van der Waals surface area contributed by atoms with Gasteiger partial charge in [-0.1, -0.05) is 11.8 Å². The monoisotopic (exact) mass is 252 g/mol. The Morgan fingerprint density at radius 3 is 3.00 bits per heavy atom. The summed E-state index contributed by atoms with van der Waals surface area (Å²) < 4.78 is 4.87. The lowest BCUT2D eigenvalue weighted by Crippen LogP contribution is -2.08. The fourth-order valence-electron chi connectivity index (χ4n) is 1.98. The smallest absolute Gasteiger partial charge is 0.316 e. The minimum atomic E-state index is -0.209. The number of thioether (sulfide) groups is 1. The van der Waals surface area contributed by atoms with Gasteiger partial charge in [-0.05, 0) is 38.7 Å². The maximum atomic E-state index is 11.2. The highest BCUT2D eigenvalue weighted by Gasteiger charge is 2.17. The van der Waals surface area contributed by atoms with Crippen LogP contribution in [-0.2, 0) is 22.4 Å². The molecule has 5 heteroatoms. The number of aryl methyl sites for hydroxylation is 2. The van der Waals surface area contributed by atoms with E-state index in [0.717, 1.165) is 30.7 Å². The lowest BCUT2D eigenvalue weighted by molar-refractivity contribution is -0.139. The van der Waals surface area contributed by atoms with E-state index in [2.05, 4.69) is 9.97 Å². The van der Waals surface area contributed by atoms with Crippen molar-refractivity contribution < 1.29 is 9.53 Å². The van der Waals surface area contributed by atoms with Crippen LogP contribution in [0.15, 0.2) is 5.16 Å². The van der Waals surface area contributed by atoms with Gasteiger partial charge >= 0.3 is 5.97 Å². The van der Waals surface area contributed by atoms with E-state index in [0.29, 0.717) is 11.8 Å². The van der Waals surface area contributed by atoms with E-state index < -0.39 is 0 Å². The van der Waals surface area contributed by atoms with Gasteiger partial charge in [-0.3, -0.25) is 4.79 Å². The molecule has 0 fully saturated rings. The van der Waals surface area contributed by atoms with E-state index in [1.807, 2.05) is 6.92 Å². The Labute approximate surface area is 105 Å². The van der Waals surface area contributed by atoms with E-state index in [1.54, 1.807) is 6.92 Å². The number of carbonyl (C=O) groups excluding carboxylic acids is 1. The number of nitrogens with zero attached hydrogens (tertiary/aromatic N) is 2. The van der Waals surface area contributed by atoms with Crippen LogP contribution in [0.25, 0.3) is 0 Å². The van der Waals surface area contributed by atoms with Crippen molar-refractivity contribution in [3.05, 3.63) is 17.0 Å². The molecule has 0 unspecified atom stereocenters. The molecule has 1 aromatic rings. The van der Waals surface area contributed by atoms with E-state index in [4.69, 9.17) is 4.74 Å². The molecule has 0 spiro atoms. The Morgan fingerprint density at radius 1 is 1.41 bits per heavy atom. The summed E-state index contributed by atoms with van der Waals surface area (Å²) in [4.78, 5) is 20.1. The third-order valence-corrected chi connectivity index (χ3v) is 3.56. The number of rotatable bonds is 4. The lowest BCUT2D eigenvalue weighted by Gasteiger charge is -2.06. The molecule has 0 bridgehead atoms. The first-order chi connectivity index (χ1) is 8.20. The van der Waals surface area contributed by atoms with Crippen LogP contribution in [0.5, 0.6) is 0 Å². The van der Waals surface area contributed by atoms with E-state index in [-0.39, 0.29) is 11.7 Å². The van der Waals surface area contributed by atoms with E-state index in [9.17, 15) is 4.79 Å². The normalized spacial score (nSPS) is 13.5. The van der Waals surface area contributed by atoms with Gasteiger partial charge in [-0.15, -0.1) is 0 Å². The van der Waals surface area contributed by atoms with E-state index >= 15 is 0 Å². The average molecular weight is 252 g/mol. The van der Waals surface area contributed by atoms with Crippen molar-refractivity contribution in [1.29, 1.82) is 0 Å². The standard InChI is InChI=1S/C12H16N2O2S/c1-3-16-11(15)7-17-12-13-8(2)9-5-4-6-10(9)14-12/h3-7H2,1-2H3. The van der Waals surface area contributed by atoms with Gasteiger partial charge in [-0.25, -0.2) is 9.97 Å². The predicted octanol–water partition coefficient (Wildman–Crippen LogP) is 1.93. The summed E-state index contributed by atoms with van der Waals surface area (Å²) in [6.07, 6.45) is 3.28. The van der Waals surface area contributed by atoms with Crippen LogP contribution in [-0.4, -0.2) is 28.3 Å². The van der Waals surface area contributed by atoms with Crippen molar-refractivity contribution in [2.45, 2.75) is 38.3 Å². The largest absolute Gasteiger partial charge is 0.465 e. The molecule has 0 radical (unpaired) electrons. The first kappa shape index (κ1) is 12.4. The van der Waals surface area contributed by atoms with Gasteiger partial charge in [0.2, 0.25) is 0 Å². The highest BCUT2D eigenvalue weighted by atomic mass is 32.2. The van der Waals surface area contributed by atoms with Crippen LogP contribution in [0.3, 0.4) is 0 Å². The number of hydrogen-bond donors (Lipinski definition) is 0. The first-order valence-corrected chi connectivity index (χ1v) is 6.84. The number of fused-ring (bicyclic) bond motifs is 1. The van der Waals surface area contributed by atoms with Crippen LogP contribution < -0.4 is 0 Å². The molecular formula is C12H16N2O2S. The SMILES string of the molecule is CCOC(=O)CSc1nc(C)c2c(n1)CCC2. The third kappa shape index (κ3) is 2.97. The Bertz CT molecular complexity index is 435. The van der Waals surface area contributed by atoms with Gasteiger partial charge in [0.25, 0.3) is 0 Å². The average Bonchev–Trinajstić information content (AvgIpc) is 2.75. The van der Waals surface area contributed by atoms with Crippen LogP contribution in [0.4, 0.5) is 0 Å². The molecule has 0 aliphatic heterocycles. The topological polar surface area (TPSA) is 52.1 Å². The first-order valence-electron chi connectivity index (χ1n) is 5.85. The van der Waals surface area contributed by atoms with Gasteiger partial charge in [-0.2, -0.15) is 0 Å². The van der Waals surface area contributed by atoms with Crippen molar-refractivity contribution in [2.24, 2.45) is 0 Å². The van der Waals surface area contributed by atoms with Crippen molar-refractivity contribution in [2.75, 3.05) is 12.4 Å². The Hall–Kier alpha value is -1.10. The van der Waals surface area contributed by atoms with Crippen molar-refractivity contribution in [1.82, 2.24) is 9.97 Å². The molecule has 0 amide bonds. The van der Waals surface area contributed by atoms with Gasteiger partial charge in [0.15, 0.2) is 5.16 Å². The molecule has 2 rings (SSSR count). The molecule has 92 valence electrons. The predicted molar refractivity (Wildman–Crippen MR) is 66.2 cm³/mol. The zero-order valence-electron chi connectivity index (χ0n) is 10.2. The number of esters is 1. The summed E-state index contributed by atoms with van der Waals surface area (Å²) in [6, 6.07) is 0. The molecule has 4 nitrogen and oxygen atoms in total.